The molecule has 4 nitrogen and oxygen atoms in total. The third kappa shape index (κ3) is 2.16. The van der Waals surface area contributed by atoms with E-state index >= 15 is 0 Å². The van der Waals surface area contributed by atoms with Crippen molar-refractivity contribution in [2.24, 2.45) is 0 Å². The summed E-state index contributed by atoms with van der Waals surface area (Å²) in [6.45, 7) is 4.44. The first-order valence-corrected chi connectivity index (χ1v) is 6.67. The molecule has 1 aliphatic rings. The highest BCUT2D eigenvalue weighted by Crippen LogP contribution is 2.26. The predicted octanol–water partition coefficient (Wildman–Crippen LogP) is 2.59. The lowest BCUT2D eigenvalue weighted by Crippen LogP contribution is -2.24. The first kappa shape index (κ1) is 12.4. The zero-order valence-electron chi connectivity index (χ0n) is 10.9. The number of benzene rings is 1. The molecule has 0 N–H and O–H groups in total. The number of alkyl halides is 1. The lowest BCUT2D eigenvalue weighted by molar-refractivity contribution is -0.117. The van der Waals surface area contributed by atoms with Gasteiger partial charge >= 0.3 is 0 Å². The molecule has 0 aliphatic carbocycles. The van der Waals surface area contributed by atoms with Crippen LogP contribution in [0.15, 0.2) is 18.2 Å². The number of halogens is 1. The van der Waals surface area contributed by atoms with E-state index in [9.17, 15) is 4.79 Å². The summed E-state index contributed by atoms with van der Waals surface area (Å²) in [6.07, 6.45) is 0.401. The maximum absolute atomic E-state index is 11.8. The van der Waals surface area contributed by atoms with Crippen molar-refractivity contribution in [2.75, 3.05) is 11.4 Å². The highest BCUT2D eigenvalue weighted by Gasteiger charge is 2.29. The molecule has 1 aromatic carbocycles. The summed E-state index contributed by atoms with van der Waals surface area (Å²) in [5, 5.41) is -0.103. The molecular weight excluding hydrogens is 262 g/mol. The SMILES string of the molecule is Cc1nc2ccc(N3CC(Cl)CC3=O)cc2nc1C. The molecule has 5 heteroatoms. The minimum atomic E-state index is -0.103. The van der Waals surface area contributed by atoms with Gasteiger partial charge in [0.05, 0.1) is 27.8 Å². The Morgan fingerprint density at radius 3 is 2.53 bits per heavy atom. The molecule has 0 spiro atoms. The molecule has 0 saturated carbocycles. The van der Waals surface area contributed by atoms with Gasteiger partial charge in [0.1, 0.15) is 0 Å². The second-order valence-corrected chi connectivity index (χ2v) is 5.49. The molecule has 0 bridgehead atoms. The summed E-state index contributed by atoms with van der Waals surface area (Å²) in [6, 6.07) is 5.71. The van der Waals surface area contributed by atoms with E-state index in [0.717, 1.165) is 28.1 Å². The summed E-state index contributed by atoms with van der Waals surface area (Å²) < 4.78 is 0. The second-order valence-electron chi connectivity index (χ2n) is 4.87. The molecule has 2 heterocycles. The lowest BCUT2D eigenvalue weighted by Gasteiger charge is -2.16. The molecule has 1 saturated heterocycles. The number of fused-ring (bicyclic) bond motifs is 1. The molecule has 1 fully saturated rings. The number of hydrogen-bond donors (Lipinski definition) is 0. The van der Waals surface area contributed by atoms with Gasteiger partial charge in [-0.25, -0.2) is 9.97 Å². The summed E-state index contributed by atoms with van der Waals surface area (Å²) in [5.74, 6) is 0.0659. The third-order valence-electron chi connectivity index (χ3n) is 3.45. The number of aromatic nitrogens is 2. The number of nitrogens with zero attached hydrogens (tertiary/aromatic N) is 3. The van der Waals surface area contributed by atoms with E-state index in [-0.39, 0.29) is 11.3 Å². The normalized spacial score (nSPS) is 19.4. The van der Waals surface area contributed by atoms with Crippen LogP contribution in [0.25, 0.3) is 11.0 Å². The summed E-state index contributed by atoms with van der Waals surface area (Å²) in [4.78, 5) is 22.6. The number of hydrogen-bond acceptors (Lipinski definition) is 3. The van der Waals surface area contributed by atoms with E-state index in [2.05, 4.69) is 9.97 Å². The number of aryl methyl sites for hydroxylation is 2. The fourth-order valence-electron chi connectivity index (χ4n) is 2.30. The zero-order valence-corrected chi connectivity index (χ0v) is 11.6. The minimum absolute atomic E-state index is 0.0659. The Labute approximate surface area is 116 Å². The van der Waals surface area contributed by atoms with E-state index in [1.54, 1.807) is 4.90 Å². The quantitative estimate of drug-likeness (QED) is 0.752. The summed E-state index contributed by atoms with van der Waals surface area (Å²) >= 11 is 6.03. The summed E-state index contributed by atoms with van der Waals surface area (Å²) in [7, 11) is 0. The fourth-order valence-corrected chi connectivity index (χ4v) is 2.57. The van der Waals surface area contributed by atoms with Crippen molar-refractivity contribution >= 4 is 34.2 Å². The zero-order chi connectivity index (χ0) is 13.6. The number of anilines is 1. The van der Waals surface area contributed by atoms with Crippen molar-refractivity contribution in [3.8, 4) is 0 Å². The Hall–Kier alpha value is -1.68. The van der Waals surface area contributed by atoms with Crippen molar-refractivity contribution < 1.29 is 4.79 Å². The van der Waals surface area contributed by atoms with Crippen LogP contribution in [0.3, 0.4) is 0 Å². The van der Waals surface area contributed by atoms with E-state index in [1.807, 2.05) is 32.0 Å². The number of carbonyl (C=O) groups excluding carboxylic acids is 1. The third-order valence-corrected chi connectivity index (χ3v) is 3.74. The highest BCUT2D eigenvalue weighted by atomic mass is 35.5. The van der Waals surface area contributed by atoms with Crippen LogP contribution in [0.4, 0.5) is 5.69 Å². The molecule has 1 aliphatic heterocycles. The molecule has 19 heavy (non-hydrogen) atoms. The topological polar surface area (TPSA) is 46.1 Å². The van der Waals surface area contributed by atoms with Crippen LogP contribution in [0.1, 0.15) is 17.8 Å². The van der Waals surface area contributed by atoms with E-state index in [1.165, 1.54) is 0 Å². The molecule has 1 atom stereocenters. The Balaban J connectivity index is 2.07. The number of carbonyl (C=O) groups is 1. The standard InChI is InChI=1S/C14H14ClN3O/c1-8-9(2)17-13-6-11(3-4-12(13)16-8)18-7-10(15)5-14(18)19/h3-4,6,10H,5,7H2,1-2H3. The smallest absolute Gasteiger partial charge is 0.228 e. The molecule has 1 amide bonds. The molecule has 0 radical (unpaired) electrons. The Morgan fingerprint density at radius 2 is 1.89 bits per heavy atom. The average molecular weight is 276 g/mol. The Kier molecular flexibility index (Phi) is 2.90. The van der Waals surface area contributed by atoms with Gasteiger partial charge in [-0.2, -0.15) is 0 Å². The molecule has 1 aromatic heterocycles. The molecule has 98 valence electrons. The largest absolute Gasteiger partial charge is 0.311 e. The van der Waals surface area contributed by atoms with Crippen molar-refractivity contribution in [3.05, 3.63) is 29.6 Å². The molecule has 1 unspecified atom stereocenters. The van der Waals surface area contributed by atoms with E-state index in [0.29, 0.717) is 13.0 Å². The summed E-state index contributed by atoms with van der Waals surface area (Å²) in [5.41, 5.74) is 4.34. The molecule has 2 aromatic rings. The van der Waals surface area contributed by atoms with Crippen molar-refractivity contribution in [2.45, 2.75) is 25.6 Å². The monoisotopic (exact) mass is 275 g/mol. The van der Waals surface area contributed by atoms with Crippen LogP contribution in [-0.4, -0.2) is 27.8 Å². The van der Waals surface area contributed by atoms with Crippen LogP contribution in [0.5, 0.6) is 0 Å². The molecule has 3 rings (SSSR count). The van der Waals surface area contributed by atoms with Gasteiger partial charge in [0.2, 0.25) is 5.91 Å². The first-order chi connectivity index (χ1) is 9.04. The number of rotatable bonds is 1. The van der Waals surface area contributed by atoms with Crippen molar-refractivity contribution in [3.63, 3.8) is 0 Å². The maximum Gasteiger partial charge on any atom is 0.228 e. The lowest BCUT2D eigenvalue weighted by atomic mass is 10.2. The second kappa shape index (κ2) is 4.46. The van der Waals surface area contributed by atoms with Gasteiger partial charge in [0.15, 0.2) is 0 Å². The van der Waals surface area contributed by atoms with Crippen molar-refractivity contribution in [1.82, 2.24) is 9.97 Å². The van der Waals surface area contributed by atoms with Crippen molar-refractivity contribution in [1.29, 1.82) is 0 Å². The minimum Gasteiger partial charge on any atom is -0.311 e. The van der Waals surface area contributed by atoms with Crippen LogP contribution in [0.2, 0.25) is 0 Å². The van der Waals surface area contributed by atoms with Gasteiger partial charge in [-0.1, -0.05) is 0 Å². The Morgan fingerprint density at radius 1 is 1.21 bits per heavy atom. The van der Waals surface area contributed by atoms with Crippen LogP contribution in [0, 0.1) is 13.8 Å². The van der Waals surface area contributed by atoms with Gasteiger partial charge in [0, 0.05) is 18.7 Å². The first-order valence-electron chi connectivity index (χ1n) is 6.24. The van der Waals surface area contributed by atoms with Crippen LogP contribution in [-0.2, 0) is 4.79 Å². The van der Waals surface area contributed by atoms with E-state index < -0.39 is 0 Å². The van der Waals surface area contributed by atoms with Gasteiger partial charge in [-0.3, -0.25) is 4.79 Å². The fraction of sp³-hybridized carbons (Fsp3) is 0.357. The van der Waals surface area contributed by atoms with Gasteiger partial charge in [-0.15, -0.1) is 11.6 Å². The predicted molar refractivity (Wildman–Crippen MR) is 75.6 cm³/mol. The maximum atomic E-state index is 11.8. The highest BCUT2D eigenvalue weighted by molar-refractivity contribution is 6.24. The van der Waals surface area contributed by atoms with Crippen LogP contribution >= 0.6 is 11.6 Å². The van der Waals surface area contributed by atoms with Gasteiger partial charge < -0.3 is 4.90 Å². The van der Waals surface area contributed by atoms with Crippen LogP contribution < -0.4 is 4.90 Å². The molecular formula is C14H14ClN3O. The average Bonchev–Trinajstić information content (AvgIpc) is 2.69. The Bertz CT molecular complexity index is 671. The van der Waals surface area contributed by atoms with Gasteiger partial charge in [0.25, 0.3) is 0 Å². The van der Waals surface area contributed by atoms with E-state index in [4.69, 9.17) is 11.6 Å². The van der Waals surface area contributed by atoms with Gasteiger partial charge in [-0.05, 0) is 32.0 Å². The number of amides is 1.